The van der Waals surface area contributed by atoms with Gasteiger partial charge in [0, 0.05) is 34.3 Å². The molecule has 0 bridgehead atoms. The van der Waals surface area contributed by atoms with Gasteiger partial charge in [-0.15, -0.1) is 0 Å². The van der Waals surface area contributed by atoms with E-state index in [1.165, 1.54) is 0 Å². The fraction of sp³-hybridized carbons (Fsp3) is 0.318. The number of aromatic nitrogens is 2. The molecule has 2 aliphatic rings. The quantitative estimate of drug-likeness (QED) is 0.452. The van der Waals surface area contributed by atoms with E-state index in [1.54, 1.807) is 17.6 Å². The summed E-state index contributed by atoms with van der Waals surface area (Å²) in [5, 5.41) is 14.7. The number of aryl methyl sites for hydroxylation is 1. The Morgan fingerprint density at radius 3 is 2.76 bits per heavy atom. The van der Waals surface area contributed by atoms with Gasteiger partial charge in [-0.1, -0.05) is 13.8 Å². The first-order valence-electron chi connectivity index (χ1n) is 9.88. The van der Waals surface area contributed by atoms with Crippen molar-refractivity contribution in [2.45, 2.75) is 45.4 Å². The standard InChI is InChI=1S/C22H22N4O3/c1-3-12-13-7-11(23)5-6-17(13)25-19-15(12)10-26-18(19)8-16-14(20(26)27)9-24-21(28)22(16,29)4-2/h5-8,29H,3-4,9-10,23H2,1-2H3,(H,24,28)/t22-/m0/s1. The van der Waals surface area contributed by atoms with E-state index < -0.39 is 11.5 Å². The third-order valence-electron chi connectivity index (χ3n) is 6.30. The molecule has 29 heavy (non-hydrogen) atoms. The number of amides is 1. The largest absolute Gasteiger partial charge is 0.399 e. The van der Waals surface area contributed by atoms with Crippen molar-refractivity contribution in [3.8, 4) is 11.4 Å². The van der Waals surface area contributed by atoms with Gasteiger partial charge >= 0.3 is 0 Å². The summed E-state index contributed by atoms with van der Waals surface area (Å²) in [5.74, 6) is -0.466. The third-order valence-corrected chi connectivity index (χ3v) is 6.30. The number of nitrogens with zero attached hydrogens (tertiary/aromatic N) is 2. The minimum absolute atomic E-state index is 0.124. The van der Waals surface area contributed by atoms with Gasteiger partial charge in [0.2, 0.25) is 0 Å². The Hall–Kier alpha value is -3.19. The van der Waals surface area contributed by atoms with Gasteiger partial charge in [-0.2, -0.15) is 0 Å². The molecular formula is C22H22N4O3. The first kappa shape index (κ1) is 17.9. The van der Waals surface area contributed by atoms with Crippen LogP contribution in [0.2, 0.25) is 0 Å². The number of nitrogens with two attached hydrogens (primary N) is 1. The number of nitrogen functional groups attached to an aromatic ring is 1. The smallest absolute Gasteiger partial charge is 0.256 e. The average Bonchev–Trinajstić information content (AvgIpc) is 3.08. The molecule has 0 radical (unpaired) electrons. The number of nitrogens with one attached hydrogen (secondary N) is 1. The summed E-state index contributed by atoms with van der Waals surface area (Å²) in [4.78, 5) is 30.5. The predicted molar refractivity (Wildman–Crippen MR) is 110 cm³/mol. The van der Waals surface area contributed by atoms with Crippen LogP contribution in [0.3, 0.4) is 0 Å². The van der Waals surface area contributed by atoms with E-state index in [1.807, 2.05) is 18.2 Å². The van der Waals surface area contributed by atoms with Gasteiger partial charge < -0.3 is 20.7 Å². The minimum atomic E-state index is -1.70. The Bertz CT molecular complexity index is 1280. The lowest BCUT2D eigenvalue weighted by molar-refractivity contribution is -0.142. The van der Waals surface area contributed by atoms with Crippen LogP contribution in [0.5, 0.6) is 0 Å². The van der Waals surface area contributed by atoms with Crippen LogP contribution >= 0.6 is 0 Å². The third kappa shape index (κ3) is 2.25. The Balaban J connectivity index is 1.84. The Morgan fingerprint density at radius 2 is 2.03 bits per heavy atom. The van der Waals surface area contributed by atoms with Crippen molar-refractivity contribution in [2.75, 3.05) is 5.73 Å². The first-order chi connectivity index (χ1) is 13.9. The maximum atomic E-state index is 13.3. The van der Waals surface area contributed by atoms with Crippen molar-refractivity contribution in [1.29, 1.82) is 0 Å². The number of rotatable bonds is 2. The molecule has 148 valence electrons. The number of aliphatic hydroxyl groups is 1. The Kier molecular flexibility index (Phi) is 3.64. The molecule has 1 atom stereocenters. The summed E-state index contributed by atoms with van der Waals surface area (Å²) in [5.41, 5.74) is 9.95. The molecule has 7 nitrogen and oxygen atoms in total. The van der Waals surface area contributed by atoms with E-state index in [9.17, 15) is 14.7 Å². The summed E-state index contributed by atoms with van der Waals surface area (Å²) < 4.78 is 1.70. The van der Waals surface area contributed by atoms with Gasteiger partial charge in [0.15, 0.2) is 5.60 Å². The molecule has 5 rings (SSSR count). The van der Waals surface area contributed by atoms with E-state index in [-0.39, 0.29) is 18.5 Å². The molecule has 2 aliphatic heterocycles. The van der Waals surface area contributed by atoms with E-state index in [0.717, 1.165) is 34.1 Å². The highest BCUT2D eigenvalue weighted by molar-refractivity contribution is 5.91. The molecule has 1 aromatic carbocycles. The number of pyridine rings is 2. The monoisotopic (exact) mass is 390 g/mol. The number of carbonyl (C=O) groups excluding carboxylic acids is 1. The average molecular weight is 390 g/mol. The SMILES string of the molecule is CCc1c2c(nc3ccc(N)cc13)-c1cc3c(c(=O)n1C2)CNC(=O)[C@]3(O)CC. The maximum absolute atomic E-state index is 13.3. The topological polar surface area (TPSA) is 110 Å². The van der Waals surface area contributed by atoms with Crippen molar-refractivity contribution < 1.29 is 9.90 Å². The van der Waals surface area contributed by atoms with Crippen molar-refractivity contribution in [2.24, 2.45) is 0 Å². The molecule has 0 unspecified atom stereocenters. The van der Waals surface area contributed by atoms with Crippen LogP contribution < -0.4 is 16.6 Å². The maximum Gasteiger partial charge on any atom is 0.256 e. The van der Waals surface area contributed by atoms with Gasteiger partial charge in [-0.05, 0) is 42.7 Å². The fourth-order valence-electron chi connectivity index (χ4n) is 4.70. The second-order valence-corrected chi connectivity index (χ2v) is 7.76. The zero-order valence-corrected chi connectivity index (χ0v) is 16.4. The molecule has 4 heterocycles. The molecule has 4 N–H and O–H groups in total. The zero-order valence-electron chi connectivity index (χ0n) is 16.4. The van der Waals surface area contributed by atoms with Gasteiger partial charge in [0.05, 0.1) is 23.4 Å². The molecule has 0 fully saturated rings. The zero-order chi connectivity index (χ0) is 20.5. The van der Waals surface area contributed by atoms with E-state index in [0.29, 0.717) is 29.1 Å². The second-order valence-electron chi connectivity index (χ2n) is 7.76. The highest BCUT2D eigenvalue weighted by atomic mass is 16.3. The second kappa shape index (κ2) is 5.90. The molecule has 0 spiro atoms. The van der Waals surface area contributed by atoms with Crippen LogP contribution in [0, 0.1) is 0 Å². The highest BCUT2D eigenvalue weighted by Crippen LogP contribution is 2.39. The van der Waals surface area contributed by atoms with E-state index in [4.69, 9.17) is 10.7 Å². The molecular weight excluding hydrogens is 368 g/mol. The number of fused-ring (bicyclic) bond motifs is 5. The van der Waals surface area contributed by atoms with Gasteiger partial charge in [-0.25, -0.2) is 4.98 Å². The van der Waals surface area contributed by atoms with Crippen LogP contribution in [-0.4, -0.2) is 20.6 Å². The number of benzene rings is 1. The normalized spacial score (nSPS) is 19.6. The molecule has 0 saturated heterocycles. The molecule has 0 saturated carbocycles. The van der Waals surface area contributed by atoms with Crippen LogP contribution in [0.4, 0.5) is 5.69 Å². The lowest BCUT2D eigenvalue weighted by Gasteiger charge is -2.32. The van der Waals surface area contributed by atoms with Gasteiger partial charge in [0.25, 0.3) is 11.5 Å². The summed E-state index contributed by atoms with van der Waals surface area (Å²) in [6, 6.07) is 7.41. The van der Waals surface area contributed by atoms with Gasteiger partial charge in [-0.3, -0.25) is 9.59 Å². The summed E-state index contributed by atoms with van der Waals surface area (Å²) >= 11 is 0. The summed E-state index contributed by atoms with van der Waals surface area (Å²) in [6.45, 7) is 4.36. The van der Waals surface area contributed by atoms with E-state index >= 15 is 0 Å². The van der Waals surface area contributed by atoms with Crippen molar-refractivity contribution in [3.63, 3.8) is 0 Å². The molecule has 1 amide bonds. The lowest BCUT2D eigenvalue weighted by Crippen LogP contribution is -2.50. The van der Waals surface area contributed by atoms with Gasteiger partial charge in [0.1, 0.15) is 0 Å². The Morgan fingerprint density at radius 1 is 1.24 bits per heavy atom. The predicted octanol–water partition coefficient (Wildman–Crippen LogP) is 1.80. The molecule has 2 aromatic heterocycles. The molecule has 0 aliphatic carbocycles. The highest BCUT2D eigenvalue weighted by Gasteiger charge is 2.43. The fourth-order valence-corrected chi connectivity index (χ4v) is 4.70. The van der Waals surface area contributed by atoms with Crippen LogP contribution in [0.25, 0.3) is 22.3 Å². The Labute approximate surface area is 167 Å². The number of hydrogen-bond donors (Lipinski definition) is 3. The summed E-state index contributed by atoms with van der Waals surface area (Å²) in [7, 11) is 0. The number of anilines is 1. The van der Waals surface area contributed by atoms with Crippen molar-refractivity contribution in [1.82, 2.24) is 14.9 Å². The first-order valence-corrected chi connectivity index (χ1v) is 9.88. The molecule has 3 aromatic rings. The number of hydrogen-bond acceptors (Lipinski definition) is 5. The number of carbonyl (C=O) groups is 1. The van der Waals surface area contributed by atoms with Crippen molar-refractivity contribution in [3.05, 3.63) is 56.9 Å². The van der Waals surface area contributed by atoms with Crippen LogP contribution in [0.15, 0.2) is 29.1 Å². The van der Waals surface area contributed by atoms with Crippen LogP contribution in [0.1, 0.15) is 42.5 Å². The lowest BCUT2D eigenvalue weighted by atomic mass is 9.84. The van der Waals surface area contributed by atoms with Crippen LogP contribution in [-0.2, 0) is 29.9 Å². The van der Waals surface area contributed by atoms with Crippen molar-refractivity contribution >= 4 is 22.5 Å². The van der Waals surface area contributed by atoms with E-state index in [2.05, 4.69) is 12.2 Å². The molecule has 7 heteroatoms. The minimum Gasteiger partial charge on any atom is -0.399 e. The summed E-state index contributed by atoms with van der Waals surface area (Å²) in [6.07, 6.45) is 0.971.